The summed E-state index contributed by atoms with van der Waals surface area (Å²) in [5.41, 5.74) is 1.99. The molecule has 8 nitrogen and oxygen atoms in total. The molecular formula is C26H32ClN5O3S. The van der Waals surface area contributed by atoms with E-state index < -0.39 is 10.0 Å². The average molecular weight is 530 g/mol. The van der Waals surface area contributed by atoms with E-state index in [0.717, 1.165) is 17.7 Å². The molecule has 1 aliphatic rings. The van der Waals surface area contributed by atoms with Crippen LogP contribution >= 0.6 is 11.6 Å². The van der Waals surface area contributed by atoms with Crippen molar-refractivity contribution in [3.05, 3.63) is 76.9 Å². The van der Waals surface area contributed by atoms with Crippen LogP contribution in [0.4, 0.5) is 5.69 Å². The number of aromatic nitrogens is 2. The van der Waals surface area contributed by atoms with Gasteiger partial charge in [-0.1, -0.05) is 61.0 Å². The van der Waals surface area contributed by atoms with Gasteiger partial charge >= 0.3 is 0 Å². The summed E-state index contributed by atoms with van der Waals surface area (Å²) in [6.07, 6.45) is 2.35. The number of benzene rings is 2. The fourth-order valence-electron chi connectivity index (χ4n) is 4.39. The van der Waals surface area contributed by atoms with Crippen molar-refractivity contribution >= 4 is 33.2 Å². The van der Waals surface area contributed by atoms with E-state index in [0.29, 0.717) is 37.7 Å². The molecule has 2 heterocycles. The summed E-state index contributed by atoms with van der Waals surface area (Å²) in [5, 5.41) is 4.86. The first-order valence-corrected chi connectivity index (χ1v) is 14.1. The van der Waals surface area contributed by atoms with Crippen LogP contribution < -0.4 is 4.90 Å². The van der Waals surface area contributed by atoms with Crippen molar-refractivity contribution < 1.29 is 13.2 Å². The summed E-state index contributed by atoms with van der Waals surface area (Å²) < 4.78 is 30.5. The van der Waals surface area contributed by atoms with Crippen molar-refractivity contribution in [3.63, 3.8) is 0 Å². The summed E-state index contributed by atoms with van der Waals surface area (Å²) in [6.45, 7) is 6.80. The van der Waals surface area contributed by atoms with Gasteiger partial charge < -0.3 is 9.80 Å². The number of carbonyl (C=O) groups is 1. The van der Waals surface area contributed by atoms with E-state index in [9.17, 15) is 13.2 Å². The van der Waals surface area contributed by atoms with Gasteiger partial charge in [0.2, 0.25) is 5.03 Å². The van der Waals surface area contributed by atoms with Crippen LogP contribution in [-0.4, -0.2) is 66.0 Å². The first kappa shape index (κ1) is 26.2. The molecule has 0 N–H and O–H groups in total. The van der Waals surface area contributed by atoms with Crippen molar-refractivity contribution in [2.75, 3.05) is 37.6 Å². The molecule has 0 bridgehead atoms. The zero-order valence-corrected chi connectivity index (χ0v) is 22.2. The van der Waals surface area contributed by atoms with E-state index >= 15 is 0 Å². The van der Waals surface area contributed by atoms with Crippen LogP contribution in [0, 0.1) is 0 Å². The highest BCUT2D eigenvalue weighted by atomic mass is 35.5. The van der Waals surface area contributed by atoms with Gasteiger partial charge in [0.1, 0.15) is 0 Å². The Morgan fingerprint density at radius 3 is 2.31 bits per heavy atom. The van der Waals surface area contributed by atoms with Gasteiger partial charge in [0, 0.05) is 52.0 Å². The molecule has 3 aromatic rings. The lowest BCUT2D eigenvalue weighted by molar-refractivity contribution is 0.0748. The molecule has 1 saturated heterocycles. The SMILES string of the molecule is CCCn1cc(C(=O)N(CC)Cc2ccccc2)c(S(=O)(=O)N2CCN(c3ccccc3Cl)CC2)n1. The number of para-hydroxylation sites is 1. The predicted molar refractivity (Wildman–Crippen MR) is 142 cm³/mol. The monoisotopic (exact) mass is 529 g/mol. The topological polar surface area (TPSA) is 78.8 Å². The van der Waals surface area contributed by atoms with Crippen molar-refractivity contribution in [1.29, 1.82) is 0 Å². The van der Waals surface area contributed by atoms with Crippen molar-refractivity contribution in [2.45, 2.75) is 38.4 Å². The highest BCUT2D eigenvalue weighted by Crippen LogP contribution is 2.28. The van der Waals surface area contributed by atoms with Gasteiger partial charge in [0.25, 0.3) is 15.9 Å². The Hall–Kier alpha value is -2.88. The lowest BCUT2D eigenvalue weighted by Gasteiger charge is -2.35. The fourth-order valence-corrected chi connectivity index (χ4v) is 6.16. The molecule has 36 heavy (non-hydrogen) atoms. The fraction of sp³-hybridized carbons (Fsp3) is 0.385. The van der Waals surface area contributed by atoms with Crippen molar-refractivity contribution in [3.8, 4) is 0 Å². The van der Waals surface area contributed by atoms with Gasteiger partial charge in [-0.3, -0.25) is 9.48 Å². The Morgan fingerprint density at radius 1 is 1.00 bits per heavy atom. The second-order valence-electron chi connectivity index (χ2n) is 8.76. The molecule has 2 aromatic carbocycles. The number of hydrogen-bond acceptors (Lipinski definition) is 5. The minimum Gasteiger partial charge on any atom is -0.368 e. The van der Waals surface area contributed by atoms with Gasteiger partial charge in [0.05, 0.1) is 16.3 Å². The summed E-state index contributed by atoms with van der Waals surface area (Å²) in [7, 11) is -3.97. The third kappa shape index (κ3) is 5.58. The molecule has 0 spiro atoms. The largest absolute Gasteiger partial charge is 0.368 e. The number of aryl methyl sites for hydroxylation is 1. The number of amides is 1. The number of hydrogen-bond donors (Lipinski definition) is 0. The second-order valence-corrected chi connectivity index (χ2v) is 11.0. The lowest BCUT2D eigenvalue weighted by atomic mass is 10.2. The van der Waals surface area contributed by atoms with E-state index in [1.165, 1.54) is 4.31 Å². The van der Waals surface area contributed by atoms with Crippen LogP contribution in [0.25, 0.3) is 0 Å². The summed E-state index contributed by atoms with van der Waals surface area (Å²) in [4.78, 5) is 17.3. The smallest absolute Gasteiger partial charge is 0.263 e. The Morgan fingerprint density at radius 2 is 1.67 bits per heavy atom. The molecule has 0 atom stereocenters. The summed E-state index contributed by atoms with van der Waals surface area (Å²) in [5.74, 6) is -0.336. The Labute approximate surface area is 218 Å². The van der Waals surface area contributed by atoms with Crippen LogP contribution in [0.5, 0.6) is 0 Å². The lowest BCUT2D eigenvalue weighted by Crippen LogP contribution is -2.49. The third-order valence-electron chi connectivity index (χ3n) is 6.31. The van der Waals surface area contributed by atoms with Gasteiger partial charge in [0.15, 0.2) is 0 Å². The van der Waals surface area contributed by atoms with E-state index in [4.69, 9.17) is 11.6 Å². The molecule has 0 radical (unpaired) electrons. The maximum absolute atomic E-state index is 13.7. The van der Waals surface area contributed by atoms with Crippen LogP contribution in [0.3, 0.4) is 0 Å². The average Bonchev–Trinajstić information content (AvgIpc) is 3.33. The molecule has 192 valence electrons. The van der Waals surface area contributed by atoms with Gasteiger partial charge in [-0.2, -0.15) is 9.40 Å². The van der Waals surface area contributed by atoms with E-state index in [1.54, 1.807) is 15.8 Å². The molecule has 0 aliphatic carbocycles. The number of carbonyl (C=O) groups excluding carboxylic acids is 1. The van der Waals surface area contributed by atoms with Gasteiger partial charge in [-0.05, 0) is 31.0 Å². The molecule has 1 fully saturated rings. The zero-order chi connectivity index (χ0) is 25.7. The Kier molecular flexibility index (Phi) is 8.33. The number of sulfonamides is 1. The first-order chi connectivity index (χ1) is 17.3. The molecular weight excluding hydrogens is 498 g/mol. The molecule has 0 unspecified atom stereocenters. The van der Waals surface area contributed by atoms with E-state index in [2.05, 4.69) is 10.00 Å². The van der Waals surface area contributed by atoms with Crippen molar-refractivity contribution in [2.24, 2.45) is 0 Å². The minimum atomic E-state index is -3.97. The summed E-state index contributed by atoms with van der Waals surface area (Å²) >= 11 is 6.34. The molecule has 4 rings (SSSR count). The highest BCUT2D eigenvalue weighted by Gasteiger charge is 2.36. The highest BCUT2D eigenvalue weighted by molar-refractivity contribution is 7.89. The van der Waals surface area contributed by atoms with E-state index in [-0.39, 0.29) is 29.6 Å². The summed E-state index contributed by atoms with van der Waals surface area (Å²) in [6, 6.07) is 17.2. The normalized spacial score (nSPS) is 14.7. The van der Waals surface area contributed by atoms with Crippen molar-refractivity contribution in [1.82, 2.24) is 19.0 Å². The predicted octanol–water partition coefficient (Wildman–Crippen LogP) is 4.12. The maximum Gasteiger partial charge on any atom is 0.263 e. The van der Waals surface area contributed by atoms with Gasteiger partial charge in [-0.15, -0.1) is 0 Å². The number of rotatable bonds is 9. The quantitative estimate of drug-likeness (QED) is 0.416. The molecule has 10 heteroatoms. The van der Waals surface area contributed by atoms with Crippen LogP contribution in [0.1, 0.15) is 36.2 Å². The first-order valence-electron chi connectivity index (χ1n) is 12.3. The number of piperazine rings is 1. The minimum absolute atomic E-state index is 0.120. The van der Waals surface area contributed by atoms with Crippen LogP contribution in [0.15, 0.2) is 65.8 Å². The standard InChI is InChI=1S/C26H32ClN5O3S/c1-3-14-31-20-22(26(33)29(4-2)19-21-10-6-5-7-11-21)25(28-31)36(34,35)32-17-15-30(16-18-32)24-13-9-8-12-23(24)27/h5-13,20H,3-4,14-19H2,1-2H3. The van der Waals surface area contributed by atoms with E-state index in [1.807, 2.05) is 68.4 Å². The van der Waals surface area contributed by atoms with Crippen LogP contribution in [0.2, 0.25) is 5.02 Å². The zero-order valence-electron chi connectivity index (χ0n) is 20.7. The third-order valence-corrected chi connectivity index (χ3v) is 8.47. The maximum atomic E-state index is 13.7. The number of anilines is 1. The number of nitrogens with zero attached hydrogens (tertiary/aromatic N) is 5. The molecule has 0 saturated carbocycles. The molecule has 1 aliphatic heterocycles. The van der Waals surface area contributed by atoms with Gasteiger partial charge in [-0.25, -0.2) is 8.42 Å². The number of halogens is 1. The molecule has 1 amide bonds. The second kappa shape index (κ2) is 11.5. The molecule has 1 aromatic heterocycles. The van der Waals surface area contributed by atoms with Crippen LogP contribution in [-0.2, 0) is 23.1 Å². The Bertz CT molecular complexity index is 1290. The Balaban J connectivity index is 1.58.